The summed E-state index contributed by atoms with van der Waals surface area (Å²) in [7, 11) is 0. The van der Waals surface area contributed by atoms with Gasteiger partial charge < -0.3 is 4.42 Å². The zero-order valence-electron chi connectivity index (χ0n) is 35.9. The fraction of sp³-hybridized carbons (Fsp3) is 0.0159. The standard InChI is InChI=1S/C63H40N2O/c1-4-18-42(19-5-1)62-64-57(40-58(65-62)54-27-16-29-56-61(54)53-26-12-14-28-55(53)63(56,49-21-6-2-7-22-49)50-23-8-3-9-24-50)48-37-46(44-32-31-41-17-10-11-20-43(41)35-44)36-47(38-48)45-33-34-52-51-25-13-15-30-59(51)66-60(52)39-45/h1-40H. The first-order chi connectivity index (χ1) is 32.7. The van der Waals surface area contributed by atoms with Crippen LogP contribution in [0.15, 0.2) is 247 Å². The summed E-state index contributed by atoms with van der Waals surface area (Å²) in [6, 6.07) is 87.1. The van der Waals surface area contributed by atoms with Crippen LogP contribution in [-0.2, 0) is 5.41 Å². The van der Waals surface area contributed by atoms with Gasteiger partial charge in [0.05, 0.1) is 16.8 Å². The van der Waals surface area contributed by atoms with Gasteiger partial charge in [-0.2, -0.15) is 0 Å². The van der Waals surface area contributed by atoms with Crippen molar-refractivity contribution in [2.45, 2.75) is 5.41 Å². The normalized spacial score (nSPS) is 12.7. The molecule has 0 spiro atoms. The Labute approximate surface area is 383 Å². The van der Waals surface area contributed by atoms with Crippen molar-refractivity contribution in [2.24, 2.45) is 0 Å². The largest absolute Gasteiger partial charge is 0.456 e. The van der Waals surface area contributed by atoms with Crippen LogP contribution in [0.2, 0.25) is 0 Å². The van der Waals surface area contributed by atoms with Crippen molar-refractivity contribution in [1.29, 1.82) is 0 Å². The first-order valence-electron chi connectivity index (χ1n) is 22.5. The summed E-state index contributed by atoms with van der Waals surface area (Å²) in [4.78, 5) is 10.9. The van der Waals surface area contributed by atoms with E-state index < -0.39 is 5.41 Å². The van der Waals surface area contributed by atoms with Crippen LogP contribution in [0.5, 0.6) is 0 Å². The van der Waals surface area contributed by atoms with Gasteiger partial charge in [-0.05, 0) is 115 Å². The van der Waals surface area contributed by atoms with Gasteiger partial charge in [-0.1, -0.05) is 194 Å². The van der Waals surface area contributed by atoms with Crippen molar-refractivity contribution in [2.75, 3.05) is 0 Å². The third-order valence-corrected chi connectivity index (χ3v) is 13.5. The maximum absolute atomic E-state index is 6.43. The molecule has 0 amide bonds. The Hall–Kier alpha value is -8.66. The summed E-state index contributed by atoms with van der Waals surface area (Å²) in [5.41, 5.74) is 17.7. The van der Waals surface area contributed by atoms with Gasteiger partial charge in [-0.3, -0.25) is 0 Å². The third kappa shape index (κ3) is 6.05. The van der Waals surface area contributed by atoms with E-state index in [9.17, 15) is 0 Å². The van der Waals surface area contributed by atoms with E-state index in [1.54, 1.807) is 0 Å². The molecule has 2 aromatic heterocycles. The molecule has 0 saturated carbocycles. The van der Waals surface area contributed by atoms with E-state index in [0.29, 0.717) is 5.82 Å². The van der Waals surface area contributed by atoms with E-state index in [1.807, 2.05) is 18.2 Å². The number of hydrogen-bond acceptors (Lipinski definition) is 3. The lowest BCUT2D eigenvalue weighted by Gasteiger charge is -2.33. The number of rotatable bonds is 7. The lowest BCUT2D eigenvalue weighted by atomic mass is 9.67. The molecule has 0 radical (unpaired) electrons. The zero-order valence-corrected chi connectivity index (χ0v) is 35.9. The molecule has 0 fully saturated rings. The first-order valence-corrected chi connectivity index (χ1v) is 22.5. The Morgan fingerprint density at radius 3 is 1.68 bits per heavy atom. The summed E-state index contributed by atoms with van der Waals surface area (Å²) < 4.78 is 6.43. The molecule has 13 rings (SSSR count). The highest BCUT2D eigenvalue weighted by Crippen LogP contribution is 2.58. The molecule has 0 saturated heterocycles. The number of aromatic nitrogens is 2. The molecule has 0 atom stereocenters. The van der Waals surface area contributed by atoms with Gasteiger partial charge >= 0.3 is 0 Å². The SMILES string of the molecule is c1ccc(-c2nc(-c3cc(-c4ccc5ccccc5c4)cc(-c4ccc5c(c4)oc4ccccc45)c3)cc(-c3cccc4c3-c3ccccc3C4(c3ccccc3)c3ccccc3)n2)cc1. The first kappa shape index (κ1) is 37.9. The summed E-state index contributed by atoms with van der Waals surface area (Å²) in [6.45, 7) is 0. The monoisotopic (exact) mass is 840 g/mol. The van der Waals surface area contributed by atoms with Crippen LogP contribution in [0.25, 0.3) is 100.0 Å². The topological polar surface area (TPSA) is 38.9 Å². The highest BCUT2D eigenvalue weighted by Gasteiger charge is 2.46. The van der Waals surface area contributed by atoms with Crippen molar-refractivity contribution in [3.63, 3.8) is 0 Å². The van der Waals surface area contributed by atoms with Crippen LogP contribution in [0, 0.1) is 0 Å². The van der Waals surface area contributed by atoms with Gasteiger partial charge in [-0.25, -0.2) is 9.97 Å². The van der Waals surface area contributed by atoms with Crippen molar-refractivity contribution in [3.8, 4) is 67.3 Å². The molecule has 0 unspecified atom stereocenters. The lowest BCUT2D eigenvalue weighted by Crippen LogP contribution is -2.28. The fourth-order valence-corrected chi connectivity index (χ4v) is 10.5. The minimum Gasteiger partial charge on any atom is -0.456 e. The van der Waals surface area contributed by atoms with Crippen LogP contribution < -0.4 is 0 Å². The van der Waals surface area contributed by atoms with E-state index in [-0.39, 0.29) is 0 Å². The molecule has 2 heterocycles. The Morgan fingerprint density at radius 2 is 0.894 bits per heavy atom. The van der Waals surface area contributed by atoms with E-state index in [4.69, 9.17) is 14.4 Å². The molecular weight excluding hydrogens is 801 g/mol. The van der Waals surface area contributed by atoms with Crippen LogP contribution in [0.4, 0.5) is 0 Å². The number of fused-ring (bicyclic) bond motifs is 7. The third-order valence-electron chi connectivity index (χ3n) is 13.5. The highest BCUT2D eigenvalue weighted by molar-refractivity contribution is 6.06. The Bertz CT molecular complexity index is 3780. The minimum absolute atomic E-state index is 0.535. The maximum atomic E-state index is 6.43. The van der Waals surface area contributed by atoms with Gasteiger partial charge in [0.2, 0.25) is 0 Å². The second-order valence-electron chi connectivity index (χ2n) is 17.3. The van der Waals surface area contributed by atoms with Gasteiger partial charge in [-0.15, -0.1) is 0 Å². The van der Waals surface area contributed by atoms with E-state index in [2.05, 4.69) is 224 Å². The van der Waals surface area contributed by atoms with Crippen molar-refractivity contribution in [1.82, 2.24) is 9.97 Å². The van der Waals surface area contributed by atoms with Crippen molar-refractivity contribution < 1.29 is 4.42 Å². The minimum atomic E-state index is -0.535. The average molecular weight is 841 g/mol. The second-order valence-corrected chi connectivity index (χ2v) is 17.3. The molecule has 3 heteroatoms. The van der Waals surface area contributed by atoms with Crippen LogP contribution in [0.3, 0.4) is 0 Å². The van der Waals surface area contributed by atoms with E-state index >= 15 is 0 Å². The predicted octanol–water partition coefficient (Wildman–Crippen LogP) is 16.2. The van der Waals surface area contributed by atoms with Gasteiger partial charge in [0.25, 0.3) is 0 Å². The highest BCUT2D eigenvalue weighted by atomic mass is 16.3. The molecule has 66 heavy (non-hydrogen) atoms. The fourth-order valence-electron chi connectivity index (χ4n) is 10.5. The zero-order chi connectivity index (χ0) is 43.6. The Balaban J connectivity index is 1.06. The number of furan rings is 1. The molecular formula is C63H40N2O. The van der Waals surface area contributed by atoms with Crippen molar-refractivity contribution in [3.05, 3.63) is 265 Å². The molecule has 0 N–H and O–H groups in total. The van der Waals surface area contributed by atoms with Gasteiger partial charge in [0.1, 0.15) is 11.2 Å². The van der Waals surface area contributed by atoms with E-state index in [1.165, 1.54) is 44.2 Å². The summed E-state index contributed by atoms with van der Waals surface area (Å²) in [5, 5.41) is 4.63. The number of nitrogens with zero attached hydrogens (tertiary/aromatic N) is 2. The van der Waals surface area contributed by atoms with Gasteiger partial charge in [0.15, 0.2) is 5.82 Å². The molecule has 3 nitrogen and oxygen atoms in total. The molecule has 10 aromatic carbocycles. The molecule has 0 aliphatic heterocycles. The van der Waals surface area contributed by atoms with Crippen molar-refractivity contribution >= 4 is 32.7 Å². The number of hydrogen-bond donors (Lipinski definition) is 0. The molecule has 0 bridgehead atoms. The summed E-state index contributed by atoms with van der Waals surface area (Å²) in [5.74, 6) is 0.672. The van der Waals surface area contributed by atoms with Gasteiger partial charge in [0, 0.05) is 27.5 Å². The molecule has 1 aliphatic carbocycles. The second kappa shape index (κ2) is 15.3. The number of benzene rings is 10. The summed E-state index contributed by atoms with van der Waals surface area (Å²) in [6.07, 6.45) is 0. The Kier molecular flexibility index (Phi) is 8.75. The van der Waals surface area contributed by atoms with Crippen LogP contribution in [0.1, 0.15) is 22.3 Å². The van der Waals surface area contributed by atoms with Crippen LogP contribution in [-0.4, -0.2) is 9.97 Å². The average Bonchev–Trinajstić information content (AvgIpc) is 3.93. The molecule has 1 aliphatic rings. The van der Waals surface area contributed by atoms with Crippen LogP contribution >= 0.6 is 0 Å². The molecule has 12 aromatic rings. The lowest BCUT2D eigenvalue weighted by molar-refractivity contribution is 0.669. The Morgan fingerprint density at radius 1 is 0.318 bits per heavy atom. The summed E-state index contributed by atoms with van der Waals surface area (Å²) >= 11 is 0. The number of para-hydroxylation sites is 1. The van der Waals surface area contributed by atoms with E-state index in [0.717, 1.165) is 72.3 Å². The predicted molar refractivity (Wildman–Crippen MR) is 271 cm³/mol. The smallest absolute Gasteiger partial charge is 0.160 e. The quantitative estimate of drug-likeness (QED) is 0.160. The molecule has 308 valence electrons. The maximum Gasteiger partial charge on any atom is 0.160 e.